The van der Waals surface area contributed by atoms with Gasteiger partial charge in [-0.15, -0.1) is 0 Å². The topological polar surface area (TPSA) is 47.9 Å². The van der Waals surface area contributed by atoms with E-state index in [1.165, 1.54) is 167 Å². The molecule has 1 N–H and O–H groups in total. The second-order valence-electron chi connectivity index (χ2n) is 15.3. The van der Waals surface area contributed by atoms with Crippen LogP contribution in [0.2, 0.25) is 0 Å². The molecule has 0 aliphatic carbocycles. The zero-order valence-electron chi connectivity index (χ0n) is 32.3. The zero-order valence-corrected chi connectivity index (χ0v) is 32.3. The van der Waals surface area contributed by atoms with Gasteiger partial charge in [-0.25, -0.2) is 0 Å². The van der Waals surface area contributed by atoms with Gasteiger partial charge in [0.15, 0.2) is 6.29 Å². The second kappa shape index (κ2) is 36.1. The van der Waals surface area contributed by atoms with E-state index in [1.54, 1.807) is 0 Å². The lowest BCUT2D eigenvalue weighted by Crippen LogP contribution is -2.38. The third kappa shape index (κ3) is 38.2. The average Bonchev–Trinajstić information content (AvgIpc) is 3.01. The Morgan fingerprint density at radius 1 is 0.435 bits per heavy atom. The van der Waals surface area contributed by atoms with Crippen molar-refractivity contribution >= 4 is 0 Å². The van der Waals surface area contributed by atoms with E-state index >= 15 is 0 Å². The molecular formula is C41H86NO4+. The minimum Gasteiger partial charge on any atom is -0.379 e. The van der Waals surface area contributed by atoms with Crippen LogP contribution < -0.4 is 0 Å². The molecule has 5 heteroatoms. The van der Waals surface area contributed by atoms with Gasteiger partial charge in [0.25, 0.3) is 0 Å². The van der Waals surface area contributed by atoms with Gasteiger partial charge in [0, 0.05) is 19.6 Å². The average molecular weight is 657 g/mol. The van der Waals surface area contributed by atoms with Crippen LogP contribution in [0.4, 0.5) is 0 Å². The summed E-state index contributed by atoms with van der Waals surface area (Å²) in [7, 11) is 6.43. The third-order valence-corrected chi connectivity index (χ3v) is 9.33. The maximum Gasteiger partial charge on any atom is 0.157 e. The minimum absolute atomic E-state index is 0.104. The number of hydrogen-bond donors (Lipinski definition) is 1. The number of quaternary nitrogens is 1. The highest BCUT2D eigenvalue weighted by atomic mass is 16.6. The predicted molar refractivity (Wildman–Crippen MR) is 201 cm³/mol. The zero-order chi connectivity index (χ0) is 33.8. The van der Waals surface area contributed by atoms with Gasteiger partial charge < -0.3 is 23.8 Å². The van der Waals surface area contributed by atoms with Crippen LogP contribution in [0.5, 0.6) is 0 Å². The number of hydrogen-bond acceptors (Lipinski definition) is 4. The summed E-state index contributed by atoms with van der Waals surface area (Å²) in [6.07, 6.45) is 37.8. The molecule has 0 saturated heterocycles. The van der Waals surface area contributed by atoms with Crippen LogP contribution in [0.15, 0.2) is 0 Å². The molecule has 0 bridgehead atoms. The Hall–Kier alpha value is -0.200. The molecule has 0 aromatic heterocycles. The third-order valence-electron chi connectivity index (χ3n) is 9.33. The fraction of sp³-hybridized carbons (Fsp3) is 1.00. The molecule has 5 nitrogen and oxygen atoms in total. The number of rotatable bonds is 39. The Labute approximate surface area is 289 Å². The lowest BCUT2D eigenvalue weighted by atomic mass is 10.0. The Balaban J connectivity index is 3.93. The molecule has 0 fully saturated rings. The summed E-state index contributed by atoms with van der Waals surface area (Å²) in [5.41, 5.74) is 0. The van der Waals surface area contributed by atoms with Crippen molar-refractivity contribution in [1.29, 1.82) is 0 Å². The normalized spacial score (nSPS) is 13.4. The van der Waals surface area contributed by atoms with E-state index in [0.717, 1.165) is 37.1 Å². The first-order valence-corrected chi connectivity index (χ1v) is 20.7. The predicted octanol–water partition coefficient (Wildman–Crippen LogP) is 11.8. The molecule has 0 aromatic carbocycles. The van der Waals surface area contributed by atoms with Crippen molar-refractivity contribution in [2.24, 2.45) is 0 Å². The fourth-order valence-electron chi connectivity index (χ4n) is 6.10. The van der Waals surface area contributed by atoms with Crippen molar-refractivity contribution in [2.75, 3.05) is 54.1 Å². The molecule has 0 aromatic rings. The van der Waals surface area contributed by atoms with Gasteiger partial charge in [-0.3, -0.25) is 0 Å². The van der Waals surface area contributed by atoms with E-state index in [2.05, 4.69) is 35.0 Å². The van der Waals surface area contributed by atoms with Crippen LogP contribution >= 0.6 is 0 Å². The van der Waals surface area contributed by atoms with E-state index in [9.17, 15) is 5.11 Å². The largest absolute Gasteiger partial charge is 0.379 e. The van der Waals surface area contributed by atoms with Gasteiger partial charge >= 0.3 is 0 Å². The molecule has 278 valence electrons. The standard InChI is InChI=1S/C41H86NO4/c1-6-8-10-12-14-16-18-20-22-24-26-28-30-32-35-44-39-40(38-41(43)46-37-34-42(3,4)5)45-36-33-31-29-27-25-23-21-19-17-15-13-11-9-7-2/h40-41,43H,6-39H2,1-5H3/q+1. The van der Waals surface area contributed by atoms with E-state index in [-0.39, 0.29) is 6.10 Å². The molecule has 0 radical (unpaired) electrons. The molecule has 0 spiro atoms. The van der Waals surface area contributed by atoms with E-state index in [0.29, 0.717) is 19.6 Å². The maximum absolute atomic E-state index is 10.5. The Kier molecular flexibility index (Phi) is 35.9. The molecule has 0 aliphatic rings. The van der Waals surface area contributed by atoms with Crippen molar-refractivity contribution in [1.82, 2.24) is 0 Å². The lowest BCUT2D eigenvalue weighted by Gasteiger charge is -2.25. The highest BCUT2D eigenvalue weighted by molar-refractivity contribution is 4.61. The number of ether oxygens (including phenoxy) is 3. The monoisotopic (exact) mass is 657 g/mol. The molecule has 0 aliphatic heterocycles. The van der Waals surface area contributed by atoms with Crippen molar-refractivity contribution < 1.29 is 23.8 Å². The molecule has 0 amide bonds. The van der Waals surface area contributed by atoms with Gasteiger partial charge in [-0.05, 0) is 12.8 Å². The van der Waals surface area contributed by atoms with Crippen LogP contribution in [-0.2, 0) is 14.2 Å². The van der Waals surface area contributed by atoms with Crippen LogP contribution in [0.1, 0.15) is 200 Å². The van der Waals surface area contributed by atoms with Crippen LogP contribution in [0, 0.1) is 0 Å². The number of likely N-dealkylation sites (N-methyl/N-ethyl adjacent to an activating group) is 1. The Morgan fingerprint density at radius 2 is 0.783 bits per heavy atom. The molecule has 46 heavy (non-hydrogen) atoms. The summed E-state index contributed by atoms with van der Waals surface area (Å²) >= 11 is 0. The minimum atomic E-state index is -0.794. The number of nitrogens with zero attached hydrogens (tertiary/aromatic N) is 1. The first kappa shape index (κ1) is 45.8. The summed E-state index contributed by atoms with van der Waals surface area (Å²) in [4.78, 5) is 0. The quantitative estimate of drug-likeness (QED) is 0.0406. The number of unbranched alkanes of at least 4 members (excludes halogenated alkanes) is 26. The van der Waals surface area contributed by atoms with Crippen LogP contribution in [0.25, 0.3) is 0 Å². The molecule has 0 saturated carbocycles. The first-order valence-electron chi connectivity index (χ1n) is 20.7. The van der Waals surface area contributed by atoms with Gasteiger partial charge in [-0.2, -0.15) is 0 Å². The summed E-state index contributed by atoms with van der Waals surface area (Å²) in [6.45, 7) is 8.09. The van der Waals surface area contributed by atoms with Crippen molar-refractivity contribution in [2.45, 2.75) is 212 Å². The van der Waals surface area contributed by atoms with Crippen LogP contribution in [-0.4, -0.2) is 76.1 Å². The van der Waals surface area contributed by atoms with Crippen molar-refractivity contribution in [3.8, 4) is 0 Å². The highest BCUT2D eigenvalue weighted by Gasteiger charge is 2.17. The van der Waals surface area contributed by atoms with Crippen molar-refractivity contribution in [3.05, 3.63) is 0 Å². The smallest absolute Gasteiger partial charge is 0.157 e. The lowest BCUT2D eigenvalue weighted by molar-refractivity contribution is -0.871. The van der Waals surface area contributed by atoms with Crippen LogP contribution in [0.3, 0.4) is 0 Å². The Bertz CT molecular complexity index is 567. The fourth-order valence-corrected chi connectivity index (χ4v) is 6.10. The van der Waals surface area contributed by atoms with E-state index < -0.39 is 6.29 Å². The van der Waals surface area contributed by atoms with E-state index in [1.807, 2.05) is 0 Å². The maximum atomic E-state index is 10.5. The van der Waals surface area contributed by atoms with Gasteiger partial charge in [0.05, 0.1) is 40.5 Å². The second-order valence-corrected chi connectivity index (χ2v) is 15.3. The molecular weight excluding hydrogens is 570 g/mol. The summed E-state index contributed by atoms with van der Waals surface area (Å²) < 4.78 is 18.8. The van der Waals surface area contributed by atoms with Gasteiger partial charge in [-0.1, -0.05) is 181 Å². The molecule has 2 unspecified atom stereocenters. The SMILES string of the molecule is CCCCCCCCCCCCCCCCOCC(CC(O)OCC[N+](C)(C)C)OCCCCCCCCCCCCCCCC. The summed E-state index contributed by atoms with van der Waals surface area (Å²) in [5, 5.41) is 10.5. The summed E-state index contributed by atoms with van der Waals surface area (Å²) in [5.74, 6) is 0. The van der Waals surface area contributed by atoms with Gasteiger partial charge in [0.2, 0.25) is 0 Å². The van der Waals surface area contributed by atoms with Crippen molar-refractivity contribution in [3.63, 3.8) is 0 Å². The van der Waals surface area contributed by atoms with E-state index in [4.69, 9.17) is 14.2 Å². The van der Waals surface area contributed by atoms with Gasteiger partial charge in [0.1, 0.15) is 6.54 Å². The molecule has 0 rings (SSSR count). The first-order chi connectivity index (χ1) is 22.4. The number of aliphatic hydroxyl groups excluding tert-OH is 1. The summed E-state index contributed by atoms with van der Waals surface area (Å²) in [6, 6.07) is 0. The molecule has 2 atom stereocenters. The number of aliphatic hydroxyl groups is 1. The molecule has 0 heterocycles. The highest BCUT2D eigenvalue weighted by Crippen LogP contribution is 2.15. The Morgan fingerprint density at radius 3 is 1.15 bits per heavy atom.